The smallest absolute Gasteiger partial charge is 0.314 e. The van der Waals surface area contributed by atoms with Gasteiger partial charge in [0.2, 0.25) is 0 Å². The molecule has 0 N–H and O–H groups in total. The average Bonchev–Trinajstić information content (AvgIpc) is 2.49. The largest absolute Gasteiger partial charge is 0.426 e. The summed E-state index contributed by atoms with van der Waals surface area (Å²) in [5, 5.41) is 8.47. The van der Waals surface area contributed by atoms with Gasteiger partial charge in [0.15, 0.2) is 11.6 Å². The van der Waals surface area contributed by atoms with E-state index in [9.17, 15) is 13.6 Å². The maximum absolute atomic E-state index is 13.0. The second-order valence-electron chi connectivity index (χ2n) is 5.10. The Morgan fingerprint density at radius 3 is 2.57 bits per heavy atom. The van der Waals surface area contributed by atoms with Gasteiger partial charge in [-0.15, -0.1) is 0 Å². The molecule has 0 heterocycles. The zero-order chi connectivity index (χ0) is 15.2. The lowest BCUT2D eigenvalue weighted by molar-refractivity contribution is -0.140. The van der Waals surface area contributed by atoms with Crippen LogP contribution in [0.3, 0.4) is 0 Å². The summed E-state index contributed by atoms with van der Waals surface area (Å²) in [6, 6.07) is 4.99. The van der Waals surface area contributed by atoms with Crippen molar-refractivity contribution in [3.05, 3.63) is 42.0 Å². The first-order valence-corrected chi connectivity index (χ1v) is 6.83. The minimum Gasteiger partial charge on any atom is -0.426 e. The highest BCUT2D eigenvalue weighted by Crippen LogP contribution is 2.31. The Morgan fingerprint density at radius 1 is 1.24 bits per heavy atom. The predicted octanol–water partition coefficient (Wildman–Crippen LogP) is 3.76. The lowest BCUT2D eigenvalue weighted by Gasteiger charge is -2.25. The third-order valence-corrected chi connectivity index (χ3v) is 3.66. The third-order valence-electron chi connectivity index (χ3n) is 3.66. The Labute approximate surface area is 121 Å². The molecule has 1 saturated carbocycles. The highest BCUT2D eigenvalue weighted by Gasteiger charge is 2.26. The normalized spacial score (nSPS) is 22.0. The third kappa shape index (κ3) is 4.12. The van der Waals surface area contributed by atoms with Gasteiger partial charge in [0.1, 0.15) is 5.75 Å². The lowest BCUT2D eigenvalue weighted by atomic mass is 9.82. The summed E-state index contributed by atoms with van der Waals surface area (Å²) >= 11 is 0. The van der Waals surface area contributed by atoms with Crippen LogP contribution in [0, 0.1) is 34.8 Å². The molecule has 2 rings (SSSR count). The molecule has 0 unspecified atom stereocenters. The minimum absolute atomic E-state index is 0.0189. The molecule has 1 aromatic rings. The first-order chi connectivity index (χ1) is 10.1. The van der Waals surface area contributed by atoms with Crippen molar-refractivity contribution in [2.24, 2.45) is 11.8 Å². The summed E-state index contributed by atoms with van der Waals surface area (Å²) in [6.07, 6.45) is 6.29. The second-order valence-corrected chi connectivity index (χ2v) is 5.10. The van der Waals surface area contributed by atoms with Crippen LogP contribution in [0.2, 0.25) is 0 Å². The fraction of sp³-hybridized carbons (Fsp3) is 0.375. The van der Waals surface area contributed by atoms with Gasteiger partial charge >= 0.3 is 5.97 Å². The first-order valence-electron chi connectivity index (χ1n) is 6.83. The molecule has 0 aliphatic heterocycles. The number of rotatable bonds is 3. The van der Waals surface area contributed by atoms with Crippen LogP contribution in [0.15, 0.2) is 30.4 Å². The second kappa shape index (κ2) is 6.98. The fourth-order valence-electron chi connectivity index (χ4n) is 2.47. The average molecular weight is 291 g/mol. The monoisotopic (exact) mass is 291 g/mol. The standard InChI is InChI=1S/C16H15F2NO2/c17-14-8-7-13(10-15(14)18)21-16(20)12-5-3-11(4-6-12)2-1-9-19/h1-2,7-8,10-12H,3-6H2/b2-1+. The van der Waals surface area contributed by atoms with E-state index in [1.165, 1.54) is 12.1 Å². The number of hydrogen-bond acceptors (Lipinski definition) is 3. The molecule has 1 aromatic carbocycles. The van der Waals surface area contributed by atoms with Crippen molar-refractivity contribution in [3.8, 4) is 11.8 Å². The SMILES string of the molecule is N#C/C=C/C1CCC(C(=O)Oc2ccc(F)c(F)c2)CC1. The van der Waals surface area contributed by atoms with Gasteiger partial charge in [0, 0.05) is 12.1 Å². The molecule has 0 atom stereocenters. The number of hydrogen-bond donors (Lipinski definition) is 0. The van der Waals surface area contributed by atoms with Gasteiger partial charge in [-0.3, -0.25) is 4.79 Å². The highest BCUT2D eigenvalue weighted by atomic mass is 19.2. The molecule has 0 aromatic heterocycles. The van der Waals surface area contributed by atoms with Crippen molar-refractivity contribution in [3.63, 3.8) is 0 Å². The summed E-state index contributed by atoms with van der Waals surface area (Å²) in [7, 11) is 0. The molecule has 1 aliphatic carbocycles. The summed E-state index contributed by atoms with van der Waals surface area (Å²) in [4.78, 5) is 12.0. The van der Waals surface area contributed by atoms with Crippen molar-refractivity contribution in [2.45, 2.75) is 25.7 Å². The van der Waals surface area contributed by atoms with E-state index in [0.717, 1.165) is 25.0 Å². The lowest BCUT2D eigenvalue weighted by Crippen LogP contribution is -2.25. The van der Waals surface area contributed by atoms with Crippen molar-refractivity contribution < 1.29 is 18.3 Å². The molecule has 0 bridgehead atoms. The molecule has 1 aliphatic rings. The summed E-state index contributed by atoms with van der Waals surface area (Å²) in [5.74, 6) is -2.32. The van der Waals surface area contributed by atoms with Gasteiger partial charge < -0.3 is 4.74 Å². The van der Waals surface area contributed by atoms with Crippen molar-refractivity contribution in [1.82, 2.24) is 0 Å². The number of esters is 1. The summed E-state index contributed by atoms with van der Waals surface area (Å²) in [5.41, 5.74) is 0. The van der Waals surface area contributed by atoms with Crippen LogP contribution in [0.25, 0.3) is 0 Å². The van der Waals surface area contributed by atoms with E-state index in [-0.39, 0.29) is 11.7 Å². The highest BCUT2D eigenvalue weighted by molar-refractivity contribution is 5.75. The number of benzene rings is 1. The molecular formula is C16H15F2NO2. The molecule has 0 radical (unpaired) electrons. The van der Waals surface area contributed by atoms with Crippen molar-refractivity contribution in [1.29, 1.82) is 5.26 Å². The van der Waals surface area contributed by atoms with E-state index in [1.807, 2.05) is 12.1 Å². The van der Waals surface area contributed by atoms with Gasteiger partial charge in [-0.2, -0.15) is 5.26 Å². The minimum atomic E-state index is -1.04. The van der Waals surface area contributed by atoms with Crippen LogP contribution in [-0.2, 0) is 4.79 Å². The first kappa shape index (κ1) is 15.2. The Balaban J connectivity index is 1.89. The van der Waals surface area contributed by atoms with Gasteiger partial charge in [-0.05, 0) is 43.7 Å². The van der Waals surface area contributed by atoms with E-state index in [2.05, 4.69) is 0 Å². The zero-order valence-electron chi connectivity index (χ0n) is 11.4. The topological polar surface area (TPSA) is 50.1 Å². The van der Waals surface area contributed by atoms with Gasteiger partial charge in [0.25, 0.3) is 0 Å². The van der Waals surface area contributed by atoms with Crippen molar-refractivity contribution in [2.75, 3.05) is 0 Å². The number of allylic oxidation sites excluding steroid dienone is 2. The number of nitriles is 1. The number of ether oxygens (including phenoxy) is 1. The maximum atomic E-state index is 13.0. The number of carbonyl (C=O) groups excluding carboxylic acids is 1. The van der Waals surface area contributed by atoms with E-state index in [1.54, 1.807) is 0 Å². The van der Waals surface area contributed by atoms with Crippen LogP contribution < -0.4 is 4.74 Å². The molecule has 110 valence electrons. The van der Waals surface area contributed by atoms with Gasteiger partial charge in [-0.1, -0.05) is 6.08 Å². The van der Waals surface area contributed by atoms with E-state index in [0.29, 0.717) is 18.8 Å². The number of nitrogens with zero attached hydrogens (tertiary/aromatic N) is 1. The molecule has 0 amide bonds. The molecule has 3 nitrogen and oxygen atoms in total. The van der Waals surface area contributed by atoms with E-state index < -0.39 is 17.6 Å². The van der Waals surface area contributed by atoms with Crippen LogP contribution >= 0.6 is 0 Å². The van der Waals surface area contributed by atoms with E-state index >= 15 is 0 Å². The van der Waals surface area contributed by atoms with Crippen LogP contribution in [-0.4, -0.2) is 5.97 Å². The Morgan fingerprint density at radius 2 is 1.95 bits per heavy atom. The maximum Gasteiger partial charge on any atom is 0.314 e. The molecule has 5 heteroatoms. The summed E-state index contributed by atoms with van der Waals surface area (Å²) in [6.45, 7) is 0. The molecule has 0 saturated heterocycles. The van der Waals surface area contributed by atoms with Gasteiger partial charge in [0.05, 0.1) is 12.0 Å². The number of halogens is 2. The quantitative estimate of drug-likeness (QED) is 0.484. The number of carbonyl (C=O) groups is 1. The fourth-order valence-corrected chi connectivity index (χ4v) is 2.47. The Hall–Kier alpha value is -2.22. The predicted molar refractivity (Wildman–Crippen MR) is 72.2 cm³/mol. The van der Waals surface area contributed by atoms with Crippen LogP contribution in [0.5, 0.6) is 5.75 Å². The van der Waals surface area contributed by atoms with Crippen molar-refractivity contribution >= 4 is 5.97 Å². The molecule has 1 fully saturated rings. The molecule has 21 heavy (non-hydrogen) atoms. The zero-order valence-corrected chi connectivity index (χ0v) is 11.4. The van der Waals surface area contributed by atoms with E-state index in [4.69, 9.17) is 10.00 Å². The summed E-state index contributed by atoms with van der Waals surface area (Å²) < 4.78 is 30.9. The molecular weight excluding hydrogens is 276 g/mol. The Bertz CT molecular complexity index is 584. The van der Waals surface area contributed by atoms with Gasteiger partial charge in [-0.25, -0.2) is 8.78 Å². The molecule has 0 spiro atoms. The van der Waals surface area contributed by atoms with Crippen LogP contribution in [0.1, 0.15) is 25.7 Å². The Kier molecular flexibility index (Phi) is 5.04. The van der Waals surface area contributed by atoms with Crippen LogP contribution in [0.4, 0.5) is 8.78 Å².